The summed E-state index contributed by atoms with van der Waals surface area (Å²) >= 11 is 6.23. The third-order valence-electron chi connectivity index (χ3n) is 5.52. The molecule has 7 nitrogen and oxygen atoms in total. The van der Waals surface area contributed by atoms with Gasteiger partial charge in [0.25, 0.3) is 0 Å². The van der Waals surface area contributed by atoms with E-state index in [0.717, 1.165) is 19.3 Å². The van der Waals surface area contributed by atoms with E-state index in [1.807, 2.05) is 4.90 Å². The molecule has 2 aliphatic heterocycles. The number of rotatable bonds is 4. The number of carbonyl (C=O) groups is 1. The second-order valence-corrected chi connectivity index (χ2v) is 7.79. The topological polar surface area (TPSA) is 83.3 Å². The number of amides is 2. The average molecular weight is 376 g/mol. The first kappa shape index (κ1) is 17.3. The third kappa shape index (κ3) is 2.85. The van der Waals surface area contributed by atoms with Gasteiger partial charge in [0, 0.05) is 23.9 Å². The predicted molar refractivity (Wildman–Crippen MR) is 98.5 cm³/mol. The number of nitrogens with one attached hydrogen (secondary N) is 1. The smallest absolute Gasteiger partial charge is 0.322 e. The second kappa shape index (κ2) is 6.55. The molecule has 26 heavy (non-hydrogen) atoms. The lowest BCUT2D eigenvalue weighted by atomic mass is 9.63. The summed E-state index contributed by atoms with van der Waals surface area (Å²) in [6, 6.07) is 5.38. The molecule has 2 bridgehead atoms. The number of halogens is 1. The number of piperidine rings is 1. The van der Waals surface area contributed by atoms with Gasteiger partial charge in [-0.1, -0.05) is 18.5 Å². The maximum Gasteiger partial charge on any atom is 0.322 e. The Balaban J connectivity index is 1.54. The fraction of sp³-hybridized carbons (Fsp3) is 0.500. The van der Waals surface area contributed by atoms with E-state index in [1.54, 1.807) is 30.6 Å². The molecule has 3 atom stereocenters. The molecule has 2 N–H and O–H groups in total. The van der Waals surface area contributed by atoms with E-state index < -0.39 is 0 Å². The van der Waals surface area contributed by atoms with Crippen molar-refractivity contribution in [2.45, 2.75) is 44.2 Å². The number of aliphatic hydroxyl groups excluding tert-OH is 1. The lowest BCUT2D eigenvalue weighted by Crippen LogP contribution is -2.72. The molecular weight excluding hydrogens is 354 g/mol. The minimum Gasteiger partial charge on any atom is -0.396 e. The van der Waals surface area contributed by atoms with Gasteiger partial charge in [-0.05, 0) is 49.8 Å². The summed E-state index contributed by atoms with van der Waals surface area (Å²) in [5.74, 6) is 0.581. The van der Waals surface area contributed by atoms with Crippen molar-refractivity contribution in [3.8, 4) is 5.69 Å². The molecule has 138 valence electrons. The van der Waals surface area contributed by atoms with E-state index >= 15 is 0 Å². The van der Waals surface area contributed by atoms with Gasteiger partial charge in [0.1, 0.15) is 5.69 Å². The van der Waals surface area contributed by atoms with Crippen molar-refractivity contribution in [3.63, 3.8) is 0 Å². The van der Waals surface area contributed by atoms with Gasteiger partial charge >= 0.3 is 6.03 Å². The standard InChI is InChI=1S/C18H22ClN5O2/c1-12-8-14-11-18(10-12,4-7-25)23(14)17(26)22-13-2-3-15(19)16(9-13)24-20-5-6-21-24/h2-3,5-6,9,12,14,25H,4,7-8,10-11H2,1H3,(H,22,26). The fourth-order valence-corrected chi connectivity index (χ4v) is 4.84. The number of aromatic nitrogens is 3. The van der Waals surface area contributed by atoms with Crippen LogP contribution in [0.15, 0.2) is 30.6 Å². The third-order valence-corrected chi connectivity index (χ3v) is 5.84. The molecular formula is C18H22ClN5O2. The van der Waals surface area contributed by atoms with E-state index in [0.29, 0.717) is 28.7 Å². The molecule has 5 rings (SSSR count). The van der Waals surface area contributed by atoms with Gasteiger partial charge in [-0.25, -0.2) is 4.79 Å². The van der Waals surface area contributed by atoms with Crippen molar-refractivity contribution in [3.05, 3.63) is 35.6 Å². The monoisotopic (exact) mass is 375 g/mol. The lowest BCUT2D eigenvalue weighted by Gasteiger charge is -2.63. The Hall–Kier alpha value is -2.12. The van der Waals surface area contributed by atoms with Crippen LogP contribution < -0.4 is 5.32 Å². The van der Waals surface area contributed by atoms with Crippen LogP contribution in [-0.2, 0) is 0 Å². The van der Waals surface area contributed by atoms with E-state index in [9.17, 15) is 9.90 Å². The Bertz CT molecular complexity index is 808. The van der Waals surface area contributed by atoms with Gasteiger partial charge in [-0.3, -0.25) is 0 Å². The second-order valence-electron chi connectivity index (χ2n) is 7.39. The molecule has 3 aliphatic rings. The Morgan fingerprint density at radius 2 is 2.15 bits per heavy atom. The van der Waals surface area contributed by atoms with E-state index in [4.69, 9.17) is 11.6 Å². The maximum atomic E-state index is 12.9. The minimum absolute atomic E-state index is 0.0965. The van der Waals surface area contributed by atoms with Gasteiger partial charge in [0.05, 0.1) is 17.4 Å². The van der Waals surface area contributed by atoms with Crippen molar-refractivity contribution in [1.82, 2.24) is 19.9 Å². The number of anilines is 1. The van der Waals surface area contributed by atoms with Crippen molar-refractivity contribution >= 4 is 23.3 Å². The number of carbonyl (C=O) groups excluding carboxylic acids is 1. The first-order chi connectivity index (χ1) is 12.5. The van der Waals surface area contributed by atoms with Crippen LogP contribution in [0.25, 0.3) is 5.69 Å². The summed E-state index contributed by atoms with van der Waals surface area (Å²) in [5, 5.41) is 21.1. The number of benzene rings is 1. The molecule has 3 heterocycles. The Morgan fingerprint density at radius 3 is 2.88 bits per heavy atom. The van der Waals surface area contributed by atoms with Crippen molar-refractivity contribution in [1.29, 1.82) is 0 Å². The first-order valence-corrected chi connectivity index (χ1v) is 9.28. The summed E-state index contributed by atoms with van der Waals surface area (Å²) in [6.45, 7) is 2.31. The SMILES string of the molecule is CC1CC2CC(CCO)(C1)N2C(=O)Nc1ccc(Cl)c(-n2nccn2)c1. The molecule has 0 radical (unpaired) electrons. The van der Waals surface area contributed by atoms with E-state index in [1.165, 1.54) is 4.80 Å². The van der Waals surface area contributed by atoms with Gasteiger partial charge < -0.3 is 15.3 Å². The molecule has 3 fully saturated rings. The Morgan fingerprint density at radius 1 is 1.38 bits per heavy atom. The average Bonchev–Trinajstić information content (AvgIpc) is 3.10. The summed E-state index contributed by atoms with van der Waals surface area (Å²) in [7, 11) is 0. The van der Waals surface area contributed by atoms with Crippen LogP contribution in [-0.4, -0.2) is 49.2 Å². The van der Waals surface area contributed by atoms with Crippen molar-refractivity contribution in [2.75, 3.05) is 11.9 Å². The van der Waals surface area contributed by atoms with Crippen LogP contribution in [0, 0.1) is 5.92 Å². The van der Waals surface area contributed by atoms with Crippen LogP contribution in [0.4, 0.5) is 10.5 Å². The summed E-state index contributed by atoms with van der Waals surface area (Å²) in [4.78, 5) is 16.3. The zero-order chi connectivity index (χ0) is 18.3. The largest absolute Gasteiger partial charge is 0.396 e. The molecule has 8 heteroatoms. The molecule has 1 aromatic carbocycles. The van der Waals surface area contributed by atoms with Crippen LogP contribution in [0.5, 0.6) is 0 Å². The first-order valence-electron chi connectivity index (χ1n) is 8.90. The maximum absolute atomic E-state index is 12.9. The van der Waals surface area contributed by atoms with Gasteiger partial charge in [0.2, 0.25) is 0 Å². The van der Waals surface area contributed by atoms with Crippen LogP contribution in [0.3, 0.4) is 0 Å². The van der Waals surface area contributed by atoms with Crippen LogP contribution in [0.2, 0.25) is 5.02 Å². The number of aliphatic hydroxyl groups is 1. The molecule has 3 unspecified atom stereocenters. The number of hydrogen-bond acceptors (Lipinski definition) is 4. The zero-order valence-corrected chi connectivity index (χ0v) is 15.4. The van der Waals surface area contributed by atoms with Gasteiger partial charge in [-0.15, -0.1) is 0 Å². The number of hydrogen-bond donors (Lipinski definition) is 2. The fourth-order valence-electron chi connectivity index (χ4n) is 4.65. The van der Waals surface area contributed by atoms with E-state index in [2.05, 4.69) is 22.4 Å². The molecule has 2 amide bonds. The number of fused-ring (bicyclic) bond motifs is 2. The van der Waals surface area contributed by atoms with Crippen molar-refractivity contribution in [2.24, 2.45) is 5.92 Å². The highest BCUT2D eigenvalue weighted by molar-refractivity contribution is 6.32. The number of nitrogens with zero attached hydrogens (tertiary/aromatic N) is 4. The highest BCUT2D eigenvalue weighted by Gasteiger charge is 2.57. The van der Waals surface area contributed by atoms with Gasteiger partial charge in [-0.2, -0.15) is 15.0 Å². The Labute approximate surface area is 156 Å². The highest BCUT2D eigenvalue weighted by atomic mass is 35.5. The quantitative estimate of drug-likeness (QED) is 0.860. The summed E-state index contributed by atoms with van der Waals surface area (Å²) in [5.41, 5.74) is 1.04. The summed E-state index contributed by atoms with van der Waals surface area (Å²) < 4.78 is 0. The molecule has 0 spiro atoms. The minimum atomic E-state index is -0.208. The molecule has 1 aliphatic carbocycles. The van der Waals surface area contributed by atoms with Gasteiger partial charge in [0.15, 0.2) is 0 Å². The number of urea groups is 1. The van der Waals surface area contributed by atoms with Crippen molar-refractivity contribution < 1.29 is 9.90 Å². The normalized spacial score (nSPS) is 27.1. The molecule has 2 saturated heterocycles. The molecule has 1 aromatic heterocycles. The highest BCUT2D eigenvalue weighted by Crippen LogP contribution is 2.51. The van der Waals surface area contributed by atoms with Crippen LogP contribution in [0.1, 0.15) is 32.6 Å². The van der Waals surface area contributed by atoms with Crippen LogP contribution >= 0.6 is 11.6 Å². The van der Waals surface area contributed by atoms with E-state index in [-0.39, 0.29) is 24.2 Å². The molecule has 1 saturated carbocycles. The lowest BCUT2D eigenvalue weighted by molar-refractivity contribution is -0.0997. The molecule has 2 aromatic rings. The Kier molecular flexibility index (Phi) is 4.36. The predicted octanol–water partition coefficient (Wildman–Crippen LogP) is 3.08. The zero-order valence-electron chi connectivity index (χ0n) is 14.6. The summed E-state index contributed by atoms with van der Waals surface area (Å²) in [6.07, 6.45) is 6.72.